The lowest BCUT2D eigenvalue weighted by Crippen LogP contribution is -2.63. The van der Waals surface area contributed by atoms with Gasteiger partial charge in [0, 0.05) is 38.6 Å². The van der Waals surface area contributed by atoms with Gasteiger partial charge in [-0.2, -0.15) is 0 Å². The molecule has 2 aliphatic heterocycles. The van der Waals surface area contributed by atoms with Crippen molar-refractivity contribution in [1.82, 2.24) is 14.9 Å². The maximum Gasteiger partial charge on any atom is 0.225 e. The van der Waals surface area contributed by atoms with Crippen LogP contribution in [-0.2, 0) is 4.74 Å². The molecule has 0 unspecified atom stereocenters. The van der Waals surface area contributed by atoms with Crippen molar-refractivity contribution in [3.05, 3.63) is 54.4 Å². The molecule has 0 radical (unpaired) electrons. The average molecular weight is 396 g/mol. The van der Waals surface area contributed by atoms with Crippen LogP contribution in [0.25, 0.3) is 0 Å². The van der Waals surface area contributed by atoms with Crippen molar-refractivity contribution in [2.45, 2.75) is 36.7 Å². The summed E-state index contributed by atoms with van der Waals surface area (Å²) in [5, 5.41) is 22.5. The van der Waals surface area contributed by atoms with Crippen LogP contribution in [-0.4, -0.2) is 75.6 Å². The molecule has 3 aliphatic rings. The van der Waals surface area contributed by atoms with Gasteiger partial charge in [-0.15, -0.1) is 0 Å². The number of hydrogen-bond acceptors (Lipinski definition) is 7. The predicted octanol–water partition coefficient (Wildman–Crippen LogP) is 1.24. The van der Waals surface area contributed by atoms with Crippen LogP contribution in [0.3, 0.4) is 0 Å². The zero-order chi connectivity index (χ0) is 19.8. The molecule has 0 amide bonds. The number of benzene rings is 1. The zero-order valence-electron chi connectivity index (χ0n) is 16.5. The van der Waals surface area contributed by atoms with Crippen LogP contribution in [0.15, 0.2) is 48.8 Å². The minimum Gasteiger partial charge on any atom is -0.391 e. The Morgan fingerprint density at radius 1 is 0.966 bits per heavy atom. The largest absolute Gasteiger partial charge is 0.391 e. The van der Waals surface area contributed by atoms with Crippen molar-refractivity contribution >= 4 is 5.95 Å². The molecule has 0 bridgehead atoms. The van der Waals surface area contributed by atoms with Crippen molar-refractivity contribution < 1.29 is 14.9 Å². The van der Waals surface area contributed by atoms with E-state index in [4.69, 9.17) is 4.74 Å². The fourth-order valence-corrected chi connectivity index (χ4v) is 5.38. The average Bonchev–Trinajstić information content (AvgIpc) is 3.04. The molecule has 1 aromatic carbocycles. The lowest BCUT2D eigenvalue weighted by Gasteiger charge is -2.47. The van der Waals surface area contributed by atoms with Crippen LogP contribution >= 0.6 is 0 Å². The third-order valence-corrected chi connectivity index (χ3v) is 6.84. The van der Waals surface area contributed by atoms with E-state index in [-0.39, 0.29) is 24.7 Å². The maximum atomic E-state index is 11.6. The monoisotopic (exact) mass is 396 g/mol. The fraction of sp³-hybridized carbons (Fsp3) is 0.545. The molecular weight excluding hydrogens is 368 g/mol. The minimum absolute atomic E-state index is 0.0144. The Kier molecular flexibility index (Phi) is 4.99. The van der Waals surface area contributed by atoms with Gasteiger partial charge in [-0.3, -0.25) is 4.90 Å². The van der Waals surface area contributed by atoms with Gasteiger partial charge in [0.2, 0.25) is 5.95 Å². The standard InChI is InChI=1S/C22H28N4O3/c27-18-13-17-14-19(16-5-2-1-3-6-16)29-15-22(17,28)20(18)25-9-11-26(12-10-25)21-23-7-4-8-24-21/h1-8,17-20,27-28H,9-15H2/t17-,18-,19-,20+,22+/m1/s1. The number of aliphatic hydroxyl groups is 2. The molecule has 7 heteroatoms. The van der Waals surface area contributed by atoms with Gasteiger partial charge in [0.1, 0.15) is 5.60 Å². The molecule has 3 heterocycles. The highest BCUT2D eigenvalue weighted by Crippen LogP contribution is 2.48. The van der Waals surface area contributed by atoms with E-state index >= 15 is 0 Å². The van der Waals surface area contributed by atoms with Gasteiger partial charge in [0.25, 0.3) is 0 Å². The third-order valence-electron chi connectivity index (χ3n) is 6.84. The zero-order valence-corrected chi connectivity index (χ0v) is 16.5. The van der Waals surface area contributed by atoms with E-state index in [0.717, 1.165) is 44.1 Å². The summed E-state index contributed by atoms with van der Waals surface area (Å²) in [6.45, 7) is 3.35. The topological polar surface area (TPSA) is 82.0 Å². The molecule has 2 N–H and O–H groups in total. The highest BCUT2D eigenvalue weighted by molar-refractivity contribution is 5.29. The van der Waals surface area contributed by atoms with Gasteiger partial charge in [0.15, 0.2) is 0 Å². The summed E-state index contributed by atoms with van der Waals surface area (Å²) in [5.74, 6) is 0.777. The van der Waals surface area contributed by atoms with Gasteiger partial charge in [-0.25, -0.2) is 9.97 Å². The molecule has 7 nitrogen and oxygen atoms in total. The summed E-state index contributed by atoms with van der Waals surface area (Å²) >= 11 is 0. The van der Waals surface area contributed by atoms with E-state index in [9.17, 15) is 10.2 Å². The number of nitrogens with zero attached hydrogens (tertiary/aromatic N) is 4. The second kappa shape index (κ2) is 7.65. The van der Waals surface area contributed by atoms with E-state index in [0.29, 0.717) is 6.42 Å². The second-order valence-electron chi connectivity index (χ2n) is 8.45. The molecule has 1 saturated carbocycles. The van der Waals surface area contributed by atoms with Crippen molar-refractivity contribution in [3.63, 3.8) is 0 Å². The van der Waals surface area contributed by atoms with Crippen molar-refractivity contribution in [1.29, 1.82) is 0 Å². The summed E-state index contributed by atoms with van der Waals surface area (Å²) in [4.78, 5) is 13.1. The molecule has 2 aromatic rings. The first-order valence-electron chi connectivity index (χ1n) is 10.5. The maximum absolute atomic E-state index is 11.6. The Balaban J connectivity index is 1.27. The van der Waals surface area contributed by atoms with E-state index in [1.165, 1.54) is 0 Å². The number of anilines is 1. The first-order chi connectivity index (χ1) is 14.1. The van der Waals surface area contributed by atoms with Crippen LogP contribution in [0.1, 0.15) is 24.5 Å². The molecule has 2 saturated heterocycles. The summed E-state index contributed by atoms with van der Waals surface area (Å²) in [6.07, 6.45) is 4.32. The molecule has 3 fully saturated rings. The number of aromatic nitrogens is 2. The van der Waals surface area contributed by atoms with Crippen LogP contribution in [0.5, 0.6) is 0 Å². The smallest absolute Gasteiger partial charge is 0.225 e. The summed E-state index contributed by atoms with van der Waals surface area (Å²) in [6, 6.07) is 11.7. The number of aliphatic hydroxyl groups excluding tert-OH is 1. The van der Waals surface area contributed by atoms with E-state index in [2.05, 4.69) is 31.9 Å². The third kappa shape index (κ3) is 3.42. The Bertz CT molecular complexity index is 815. The van der Waals surface area contributed by atoms with Gasteiger partial charge in [-0.1, -0.05) is 30.3 Å². The van der Waals surface area contributed by atoms with E-state index in [1.807, 2.05) is 24.3 Å². The van der Waals surface area contributed by atoms with E-state index < -0.39 is 11.7 Å². The van der Waals surface area contributed by atoms with Crippen molar-refractivity contribution in [2.75, 3.05) is 37.7 Å². The number of piperazine rings is 1. The van der Waals surface area contributed by atoms with Crippen LogP contribution < -0.4 is 4.90 Å². The van der Waals surface area contributed by atoms with Crippen LogP contribution in [0, 0.1) is 5.92 Å². The quantitative estimate of drug-likeness (QED) is 0.808. The molecule has 154 valence electrons. The fourth-order valence-electron chi connectivity index (χ4n) is 5.38. The summed E-state index contributed by atoms with van der Waals surface area (Å²) < 4.78 is 6.12. The molecule has 5 atom stereocenters. The first kappa shape index (κ1) is 18.9. The Morgan fingerprint density at radius 2 is 1.69 bits per heavy atom. The Labute approximate surface area is 171 Å². The molecule has 1 aliphatic carbocycles. The Hall–Kier alpha value is -2.06. The van der Waals surface area contributed by atoms with Gasteiger partial charge in [0.05, 0.1) is 24.9 Å². The molecule has 1 aromatic heterocycles. The molecule has 29 heavy (non-hydrogen) atoms. The number of fused-ring (bicyclic) bond motifs is 1. The van der Waals surface area contributed by atoms with Crippen LogP contribution in [0.2, 0.25) is 0 Å². The lowest BCUT2D eigenvalue weighted by molar-refractivity contribution is -0.173. The van der Waals surface area contributed by atoms with Crippen molar-refractivity contribution in [3.8, 4) is 0 Å². The minimum atomic E-state index is -1.00. The number of hydrogen-bond donors (Lipinski definition) is 2. The predicted molar refractivity (Wildman–Crippen MR) is 108 cm³/mol. The SMILES string of the molecule is O[C@@H]1C[C@@H]2C[C@H](c3ccccc3)OC[C@@]2(O)[C@H]1N1CCN(c2ncccn2)CC1. The van der Waals surface area contributed by atoms with E-state index in [1.54, 1.807) is 12.4 Å². The van der Waals surface area contributed by atoms with Crippen LogP contribution in [0.4, 0.5) is 5.95 Å². The lowest BCUT2D eigenvalue weighted by atomic mass is 9.80. The first-order valence-corrected chi connectivity index (χ1v) is 10.5. The highest BCUT2D eigenvalue weighted by Gasteiger charge is 2.58. The molecule has 0 spiro atoms. The van der Waals surface area contributed by atoms with Gasteiger partial charge in [-0.05, 0) is 30.4 Å². The van der Waals surface area contributed by atoms with Gasteiger partial charge >= 0.3 is 0 Å². The number of rotatable bonds is 3. The van der Waals surface area contributed by atoms with Gasteiger partial charge < -0.3 is 19.8 Å². The Morgan fingerprint density at radius 3 is 2.41 bits per heavy atom. The highest BCUT2D eigenvalue weighted by atomic mass is 16.5. The normalized spacial score (nSPS) is 35.4. The van der Waals surface area contributed by atoms with Crippen molar-refractivity contribution in [2.24, 2.45) is 5.92 Å². The second-order valence-corrected chi connectivity index (χ2v) is 8.45. The summed E-state index contributed by atoms with van der Waals surface area (Å²) in [7, 11) is 0. The molecule has 5 rings (SSSR count). The molecular formula is C22H28N4O3. The summed E-state index contributed by atoms with van der Waals surface area (Å²) in [5.41, 5.74) is 0.139. The number of ether oxygens (including phenoxy) is 1.